The lowest BCUT2D eigenvalue weighted by Crippen LogP contribution is -2.15. The van der Waals surface area contributed by atoms with Gasteiger partial charge in [0.15, 0.2) is 6.79 Å². The lowest BCUT2D eigenvalue weighted by molar-refractivity contribution is -0.385. The maximum Gasteiger partial charge on any atom is 0.339 e. The predicted molar refractivity (Wildman–Crippen MR) is 96.4 cm³/mol. The van der Waals surface area contributed by atoms with Crippen LogP contribution >= 0.6 is 0 Å². The molecule has 0 amide bonds. The summed E-state index contributed by atoms with van der Waals surface area (Å²) in [5.74, 6) is -0.0308. The molecule has 0 aliphatic carbocycles. The van der Waals surface area contributed by atoms with Gasteiger partial charge in [0, 0.05) is 23.3 Å². The summed E-state index contributed by atoms with van der Waals surface area (Å²) in [6, 6.07) is 15.7. The number of nitro benzene ring substituents is 1. The van der Waals surface area contributed by atoms with Crippen molar-refractivity contribution in [2.24, 2.45) is 0 Å². The van der Waals surface area contributed by atoms with Gasteiger partial charge in [0.05, 0.1) is 17.1 Å². The quantitative estimate of drug-likeness (QED) is 0.395. The topological polar surface area (TPSA) is 87.9 Å². The van der Waals surface area contributed by atoms with E-state index in [9.17, 15) is 14.9 Å². The minimum atomic E-state index is -0.501. The summed E-state index contributed by atoms with van der Waals surface area (Å²) in [6.45, 7) is 0.127. The van der Waals surface area contributed by atoms with E-state index in [-0.39, 0.29) is 25.7 Å². The number of benzene rings is 3. The number of nitro groups is 1. The van der Waals surface area contributed by atoms with Gasteiger partial charge in [0.2, 0.25) is 0 Å². The smallest absolute Gasteiger partial charge is 0.339 e. The molecule has 4 rings (SSSR count). The van der Waals surface area contributed by atoms with Crippen LogP contribution in [-0.4, -0.2) is 17.7 Å². The van der Waals surface area contributed by atoms with Gasteiger partial charge < -0.3 is 14.2 Å². The number of hydrogen-bond acceptors (Lipinski definition) is 6. The number of esters is 1. The van der Waals surface area contributed by atoms with Crippen LogP contribution in [0.1, 0.15) is 21.5 Å². The number of non-ortho nitro benzene ring substituents is 1. The number of ether oxygens (including phenoxy) is 3. The minimum absolute atomic E-state index is 0.0507. The van der Waals surface area contributed by atoms with Crippen molar-refractivity contribution in [3.8, 4) is 5.75 Å². The van der Waals surface area contributed by atoms with Crippen molar-refractivity contribution in [2.75, 3.05) is 6.79 Å². The Morgan fingerprint density at radius 2 is 1.96 bits per heavy atom. The lowest BCUT2D eigenvalue weighted by atomic mass is 10.0. The average Bonchev–Trinajstić information content (AvgIpc) is 2.71. The molecular formula is C20H15NO6. The van der Waals surface area contributed by atoms with Crippen molar-refractivity contribution in [1.82, 2.24) is 0 Å². The Morgan fingerprint density at radius 1 is 1.15 bits per heavy atom. The van der Waals surface area contributed by atoms with E-state index in [0.29, 0.717) is 22.4 Å². The highest BCUT2D eigenvalue weighted by Gasteiger charge is 2.22. The van der Waals surface area contributed by atoms with Crippen molar-refractivity contribution in [3.05, 3.63) is 81.4 Å². The first-order valence-electron chi connectivity index (χ1n) is 8.29. The second-order valence-electron chi connectivity index (χ2n) is 6.06. The van der Waals surface area contributed by atoms with Gasteiger partial charge in [-0.3, -0.25) is 10.1 Å². The molecule has 0 fully saturated rings. The van der Waals surface area contributed by atoms with E-state index >= 15 is 0 Å². The number of fused-ring (bicyclic) bond motifs is 2. The predicted octanol–water partition coefficient (Wildman–Crippen LogP) is 3.97. The Bertz CT molecular complexity index is 1040. The molecule has 0 spiro atoms. The first-order valence-corrected chi connectivity index (χ1v) is 8.29. The molecule has 136 valence electrons. The highest BCUT2D eigenvalue weighted by molar-refractivity contribution is 6.04. The van der Waals surface area contributed by atoms with E-state index in [2.05, 4.69) is 0 Å². The highest BCUT2D eigenvalue weighted by atomic mass is 16.7. The van der Waals surface area contributed by atoms with Gasteiger partial charge in [-0.15, -0.1) is 0 Å². The molecule has 27 heavy (non-hydrogen) atoms. The number of carbonyl (C=O) groups is 1. The van der Waals surface area contributed by atoms with Gasteiger partial charge in [-0.2, -0.15) is 0 Å². The SMILES string of the molecule is O=C(OCc1cc([N+](=O)[O-])cc2c1OCOC2)c1cccc2ccccc12. The Kier molecular flexibility index (Phi) is 4.43. The third-order valence-electron chi connectivity index (χ3n) is 4.35. The molecule has 0 aromatic heterocycles. The average molecular weight is 365 g/mol. The minimum Gasteiger partial charge on any atom is -0.467 e. The van der Waals surface area contributed by atoms with Crippen molar-refractivity contribution < 1.29 is 23.9 Å². The molecule has 1 heterocycles. The largest absolute Gasteiger partial charge is 0.467 e. The van der Waals surface area contributed by atoms with Gasteiger partial charge >= 0.3 is 5.97 Å². The fourth-order valence-corrected chi connectivity index (χ4v) is 3.12. The van der Waals surface area contributed by atoms with Crippen LogP contribution in [0.2, 0.25) is 0 Å². The van der Waals surface area contributed by atoms with Crippen LogP contribution in [0.4, 0.5) is 5.69 Å². The van der Waals surface area contributed by atoms with Crippen molar-refractivity contribution in [1.29, 1.82) is 0 Å². The molecule has 0 unspecified atom stereocenters. The van der Waals surface area contributed by atoms with Crippen LogP contribution in [0.25, 0.3) is 10.8 Å². The molecule has 0 atom stereocenters. The fourth-order valence-electron chi connectivity index (χ4n) is 3.12. The Hall–Kier alpha value is -3.45. The molecule has 7 heteroatoms. The van der Waals surface area contributed by atoms with E-state index in [1.165, 1.54) is 12.1 Å². The Morgan fingerprint density at radius 3 is 2.81 bits per heavy atom. The third kappa shape index (κ3) is 3.32. The maximum absolute atomic E-state index is 12.6. The number of nitrogens with zero attached hydrogens (tertiary/aromatic N) is 1. The van der Waals surface area contributed by atoms with Gasteiger partial charge in [0.25, 0.3) is 5.69 Å². The molecule has 0 saturated heterocycles. The molecule has 3 aromatic rings. The van der Waals surface area contributed by atoms with E-state index in [1.54, 1.807) is 12.1 Å². The summed E-state index contributed by atoms with van der Waals surface area (Å²) in [6.07, 6.45) is 0. The highest BCUT2D eigenvalue weighted by Crippen LogP contribution is 2.33. The standard InChI is InChI=1S/C20H15NO6/c22-20(18-7-3-5-13-4-1-2-6-17(13)18)26-11-15-9-16(21(23)24)8-14-10-25-12-27-19(14)15/h1-9H,10-12H2. The zero-order valence-electron chi connectivity index (χ0n) is 14.2. The molecule has 7 nitrogen and oxygen atoms in total. The van der Waals surface area contributed by atoms with E-state index in [1.807, 2.05) is 30.3 Å². The van der Waals surface area contributed by atoms with Crippen molar-refractivity contribution >= 4 is 22.4 Å². The molecule has 0 N–H and O–H groups in total. The summed E-state index contributed by atoms with van der Waals surface area (Å²) < 4.78 is 16.1. The van der Waals surface area contributed by atoms with Crippen molar-refractivity contribution in [2.45, 2.75) is 13.2 Å². The molecule has 0 radical (unpaired) electrons. The first kappa shape index (κ1) is 17.0. The lowest BCUT2D eigenvalue weighted by Gasteiger charge is -2.20. The normalized spacial score (nSPS) is 12.9. The monoisotopic (exact) mass is 365 g/mol. The zero-order chi connectivity index (χ0) is 18.8. The number of rotatable bonds is 4. The van der Waals surface area contributed by atoms with Crippen LogP contribution in [0.15, 0.2) is 54.6 Å². The fraction of sp³-hybridized carbons (Fsp3) is 0.150. The summed E-state index contributed by atoms with van der Waals surface area (Å²) >= 11 is 0. The number of carbonyl (C=O) groups excluding carboxylic acids is 1. The second-order valence-corrected chi connectivity index (χ2v) is 6.06. The summed E-state index contributed by atoms with van der Waals surface area (Å²) in [7, 11) is 0. The summed E-state index contributed by atoms with van der Waals surface area (Å²) in [4.78, 5) is 23.3. The molecule has 0 saturated carbocycles. The van der Waals surface area contributed by atoms with Gasteiger partial charge in [-0.05, 0) is 16.8 Å². The summed E-state index contributed by atoms with van der Waals surface area (Å²) in [5.41, 5.74) is 1.35. The Balaban J connectivity index is 1.62. The van der Waals surface area contributed by atoms with Gasteiger partial charge in [0.1, 0.15) is 12.4 Å². The van der Waals surface area contributed by atoms with E-state index in [0.717, 1.165) is 10.8 Å². The third-order valence-corrected chi connectivity index (χ3v) is 4.35. The van der Waals surface area contributed by atoms with Gasteiger partial charge in [-0.25, -0.2) is 4.79 Å². The molecule has 1 aliphatic rings. The maximum atomic E-state index is 12.6. The van der Waals surface area contributed by atoms with Crippen LogP contribution in [0, 0.1) is 10.1 Å². The van der Waals surface area contributed by atoms with Crippen LogP contribution < -0.4 is 4.74 Å². The molecule has 0 bridgehead atoms. The van der Waals surface area contributed by atoms with Crippen LogP contribution in [0.3, 0.4) is 0 Å². The zero-order valence-corrected chi connectivity index (χ0v) is 14.2. The van der Waals surface area contributed by atoms with E-state index < -0.39 is 10.9 Å². The van der Waals surface area contributed by atoms with Crippen molar-refractivity contribution in [3.63, 3.8) is 0 Å². The second kappa shape index (κ2) is 7.05. The molecule has 1 aliphatic heterocycles. The van der Waals surface area contributed by atoms with Gasteiger partial charge in [-0.1, -0.05) is 36.4 Å². The first-order chi connectivity index (χ1) is 13.1. The molecule has 3 aromatic carbocycles. The van der Waals surface area contributed by atoms with Crippen LogP contribution in [0.5, 0.6) is 5.75 Å². The molecular weight excluding hydrogens is 350 g/mol. The summed E-state index contributed by atoms with van der Waals surface area (Å²) in [5, 5.41) is 12.9. The van der Waals surface area contributed by atoms with E-state index in [4.69, 9.17) is 14.2 Å². The van der Waals surface area contributed by atoms with Crippen LogP contribution in [-0.2, 0) is 22.7 Å². The number of hydrogen-bond donors (Lipinski definition) is 0. The Labute approximate surface area is 154 Å².